The van der Waals surface area contributed by atoms with Crippen molar-refractivity contribution in [2.75, 3.05) is 6.61 Å². The number of hydrogen-bond donors (Lipinski definition) is 5. The summed E-state index contributed by atoms with van der Waals surface area (Å²) in [6.45, 7) is -0.586. The van der Waals surface area contributed by atoms with Gasteiger partial charge in [0.1, 0.15) is 52.5 Å². The fraction of sp³-hybridized carbons (Fsp3) is 0.286. The maximum atomic E-state index is 12.6. The molecule has 0 radical (unpaired) electrons. The van der Waals surface area contributed by atoms with Gasteiger partial charge in [-0.25, -0.2) is 4.79 Å². The Labute approximate surface area is 173 Å². The number of aromatic hydroxyl groups is 1. The summed E-state index contributed by atoms with van der Waals surface area (Å²) >= 11 is 0. The summed E-state index contributed by atoms with van der Waals surface area (Å²) in [6, 6.07) is 8.91. The number of benzene rings is 2. The van der Waals surface area contributed by atoms with E-state index in [2.05, 4.69) is 0 Å². The molecule has 0 amide bonds. The predicted octanol–water partition coefficient (Wildman–Crippen LogP) is 0.577. The molecular weight excluding hydrogens is 412 g/mol. The van der Waals surface area contributed by atoms with Gasteiger partial charge in [-0.3, -0.25) is 0 Å². The third-order valence-corrected chi connectivity index (χ3v) is 5.38. The number of fused-ring (bicyclic) bond motifs is 5. The minimum Gasteiger partial charge on any atom is -0.508 e. The maximum Gasteiger partial charge on any atom is 0.348 e. The van der Waals surface area contributed by atoms with Crippen molar-refractivity contribution in [3.63, 3.8) is 0 Å². The Morgan fingerprint density at radius 2 is 1.65 bits per heavy atom. The van der Waals surface area contributed by atoms with Crippen LogP contribution in [0, 0.1) is 0 Å². The van der Waals surface area contributed by atoms with Crippen LogP contribution in [0.5, 0.6) is 11.5 Å². The van der Waals surface area contributed by atoms with E-state index >= 15 is 0 Å². The van der Waals surface area contributed by atoms with Crippen LogP contribution in [0.2, 0.25) is 0 Å². The van der Waals surface area contributed by atoms with Crippen molar-refractivity contribution in [3.05, 3.63) is 46.8 Å². The minimum atomic E-state index is -1.58. The average molecular weight is 430 g/mol. The first-order valence-electron chi connectivity index (χ1n) is 9.46. The van der Waals surface area contributed by atoms with E-state index in [1.807, 2.05) is 0 Å². The van der Waals surface area contributed by atoms with Crippen LogP contribution in [0.1, 0.15) is 0 Å². The molecule has 3 heterocycles. The SMILES string of the molecule is O=c1oc2cc(OC3OC(CO)C(O)C(O)C3O)ccc2c2oc3cc(O)ccc3c12. The number of aliphatic hydroxyl groups is 4. The number of aliphatic hydroxyl groups excluding tert-OH is 4. The van der Waals surface area contributed by atoms with E-state index in [1.54, 1.807) is 12.1 Å². The van der Waals surface area contributed by atoms with Gasteiger partial charge >= 0.3 is 5.63 Å². The van der Waals surface area contributed by atoms with E-state index in [4.69, 9.17) is 18.3 Å². The highest BCUT2D eigenvalue weighted by atomic mass is 16.7. The molecule has 1 aliphatic heterocycles. The summed E-state index contributed by atoms with van der Waals surface area (Å²) in [7, 11) is 0. The van der Waals surface area contributed by atoms with Crippen LogP contribution in [0.15, 0.2) is 50.0 Å². The van der Waals surface area contributed by atoms with Gasteiger partial charge in [-0.05, 0) is 24.3 Å². The molecule has 0 bridgehead atoms. The lowest BCUT2D eigenvalue weighted by Gasteiger charge is -2.39. The van der Waals surface area contributed by atoms with Crippen molar-refractivity contribution < 1.29 is 43.8 Å². The molecular formula is C21H18O10. The lowest BCUT2D eigenvalue weighted by Crippen LogP contribution is -2.60. The fourth-order valence-corrected chi connectivity index (χ4v) is 3.78. The van der Waals surface area contributed by atoms with Gasteiger partial charge in [0, 0.05) is 17.5 Å². The van der Waals surface area contributed by atoms with Crippen molar-refractivity contribution in [3.8, 4) is 11.5 Å². The topological polar surface area (TPSA) is 163 Å². The minimum absolute atomic E-state index is 0.00420. The van der Waals surface area contributed by atoms with E-state index in [1.165, 1.54) is 24.3 Å². The largest absolute Gasteiger partial charge is 0.508 e. The molecule has 1 saturated heterocycles. The van der Waals surface area contributed by atoms with E-state index in [9.17, 15) is 30.3 Å². The van der Waals surface area contributed by atoms with E-state index < -0.39 is 42.9 Å². The zero-order valence-electron chi connectivity index (χ0n) is 15.8. The fourth-order valence-electron chi connectivity index (χ4n) is 3.78. The van der Waals surface area contributed by atoms with E-state index in [0.717, 1.165) is 0 Å². The number of rotatable bonds is 3. The molecule has 0 saturated carbocycles. The molecule has 2 aromatic heterocycles. The molecule has 162 valence electrons. The molecule has 31 heavy (non-hydrogen) atoms. The Hall–Kier alpha value is -3.15. The summed E-state index contributed by atoms with van der Waals surface area (Å²) in [6.07, 6.45) is -7.16. The summed E-state index contributed by atoms with van der Waals surface area (Å²) in [4.78, 5) is 12.6. The van der Waals surface area contributed by atoms with Crippen LogP contribution in [0.4, 0.5) is 0 Å². The summed E-state index contributed by atoms with van der Waals surface area (Å²) < 4.78 is 22.1. The number of furan rings is 1. The van der Waals surface area contributed by atoms with Gasteiger partial charge in [-0.1, -0.05) is 0 Å². The van der Waals surface area contributed by atoms with Gasteiger partial charge in [-0.15, -0.1) is 0 Å². The second kappa shape index (κ2) is 7.22. The molecule has 5 rings (SSSR count). The lowest BCUT2D eigenvalue weighted by atomic mass is 9.99. The average Bonchev–Trinajstić information content (AvgIpc) is 3.13. The first kappa shape index (κ1) is 19.8. The van der Waals surface area contributed by atoms with Crippen LogP contribution >= 0.6 is 0 Å². The van der Waals surface area contributed by atoms with Crippen LogP contribution in [0.25, 0.3) is 32.9 Å². The second-order valence-corrected chi connectivity index (χ2v) is 7.35. The monoisotopic (exact) mass is 430 g/mol. The third-order valence-electron chi connectivity index (χ3n) is 5.38. The Morgan fingerprint density at radius 1 is 0.903 bits per heavy atom. The van der Waals surface area contributed by atoms with Gasteiger partial charge in [0.2, 0.25) is 6.29 Å². The summed E-state index contributed by atoms with van der Waals surface area (Å²) in [5.74, 6) is 0.142. The standard InChI is InChI=1S/C21H18O10/c22-7-14-16(24)17(25)18(26)21(31-14)28-9-2-4-11-13(6-9)30-20(27)15-10-3-1-8(23)5-12(10)29-19(11)15/h1-6,14,16-18,21-26H,7H2. The molecule has 1 fully saturated rings. The zero-order valence-corrected chi connectivity index (χ0v) is 15.8. The van der Waals surface area contributed by atoms with Crippen molar-refractivity contribution in [2.45, 2.75) is 30.7 Å². The zero-order chi connectivity index (χ0) is 21.9. The molecule has 0 aliphatic carbocycles. The number of hydrogen-bond acceptors (Lipinski definition) is 10. The van der Waals surface area contributed by atoms with Crippen molar-refractivity contribution in [1.29, 1.82) is 0 Å². The van der Waals surface area contributed by atoms with Gasteiger partial charge in [0.15, 0.2) is 5.58 Å². The highest BCUT2D eigenvalue weighted by molar-refractivity contribution is 6.13. The summed E-state index contributed by atoms with van der Waals surface area (Å²) in [5.41, 5.74) is 0.113. The molecule has 1 aliphatic rings. The highest BCUT2D eigenvalue weighted by Gasteiger charge is 2.44. The highest BCUT2D eigenvalue weighted by Crippen LogP contribution is 2.35. The van der Waals surface area contributed by atoms with Crippen molar-refractivity contribution in [1.82, 2.24) is 0 Å². The smallest absolute Gasteiger partial charge is 0.348 e. The lowest BCUT2D eigenvalue weighted by molar-refractivity contribution is -0.277. The van der Waals surface area contributed by atoms with Crippen LogP contribution < -0.4 is 10.4 Å². The third kappa shape index (κ3) is 3.12. The number of phenolic OH excluding ortho intramolecular Hbond substituents is 1. The molecule has 5 N–H and O–H groups in total. The van der Waals surface area contributed by atoms with E-state index in [0.29, 0.717) is 16.4 Å². The van der Waals surface area contributed by atoms with Crippen LogP contribution in [0.3, 0.4) is 0 Å². The van der Waals surface area contributed by atoms with Gasteiger partial charge in [0.25, 0.3) is 0 Å². The first-order valence-corrected chi connectivity index (χ1v) is 9.46. The quantitative estimate of drug-likeness (QED) is 0.291. The van der Waals surface area contributed by atoms with Crippen LogP contribution in [-0.4, -0.2) is 62.8 Å². The maximum absolute atomic E-state index is 12.6. The van der Waals surface area contributed by atoms with Gasteiger partial charge in [0.05, 0.1) is 12.0 Å². The Kier molecular flexibility index (Phi) is 4.61. The first-order chi connectivity index (χ1) is 14.9. The molecule has 2 aromatic carbocycles. The van der Waals surface area contributed by atoms with Gasteiger partial charge in [-0.2, -0.15) is 0 Å². The molecule has 10 nitrogen and oxygen atoms in total. The molecule has 4 aromatic rings. The molecule has 10 heteroatoms. The second-order valence-electron chi connectivity index (χ2n) is 7.35. The Morgan fingerprint density at radius 3 is 2.42 bits per heavy atom. The van der Waals surface area contributed by atoms with Crippen LogP contribution in [-0.2, 0) is 4.74 Å². The normalized spacial score (nSPS) is 26.6. The molecule has 5 unspecified atom stereocenters. The van der Waals surface area contributed by atoms with Crippen molar-refractivity contribution >= 4 is 32.9 Å². The molecule has 0 spiro atoms. The molecule has 5 atom stereocenters. The number of ether oxygens (including phenoxy) is 2. The number of phenols is 1. The van der Waals surface area contributed by atoms with Crippen molar-refractivity contribution in [2.24, 2.45) is 0 Å². The Balaban J connectivity index is 1.55. The predicted molar refractivity (Wildman–Crippen MR) is 106 cm³/mol. The Bertz CT molecular complexity index is 1340. The van der Waals surface area contributed by atoms with Gasteiger partial charge < -0.3 is 43.8 Å². The summed E-state index contributed by atoms with van der Waals surface area (Å²) in [5, 5.41) is 50.1. The van der Waals surface area contributed by atoms with E-state index in [-0.39, 0.29) is 28.1 Å².